The van der Waals surface area contributed by atoms with Crippen LogP contribution in [0.1, 0.15) is 31.5 Å². The first-order valence-corrected chi connectivity index (χ1v) is 7.09. The standard InChI is InChI=1S/C13H22N2O3S/c1-13(2,3)12-14-10(9-19-12)7-15(5-6-18-4)8-11(16)17/h9H,5-8H2,1-4H3,(H,16,17). The zero-order valence-corrected chi connectivity index (χ0v) is 12.8. The fraction of sp³-hybridized carbons (Fsp3) is 0.692. The van der Waals surface area contributed by atoms with Gasteiger partial charge in [0.25, 0.3) is 0 Å². The molecule has 5 nitrogen and oxygen atoms in total. The molecule has 0 amide bonds. The average molecular weight is 286 g/mol. The smallest absolute Gasteiger partial charge is 0.317 e. The number of rotatable bonds is 7. The zero-order valence-electron chi connectivity index (χ0n) is 12.0. The maximum absolute atomic E-state index is 10.8. The predicted octanol–water partition coefficient (Wildman–Crippen LogP) is 1.97. The predicted molar refractivity (Wildman–Crippen MR) is 75.6 cm³/mol. The number of nitrogens with zero attached hydrogens (tertiary/aromatic N) is 2. The van der Waals surface area contributed by atoms with Crippen LogP contribution in [-0.4, -0.2) is 47.8 Å². The zero-order chi connectivity index (χ0) is 14.5. The Morgan fingerprint density at radius 1 is 1.53 bits per heavy atom. The summed E-state index contributed by atoms with van der Waals surface area (Å²) in [5.41, 5.74) is 0.958. The lowest BCUT2D eigenvalue weighted by Gasteiger charge is -2.18. The van der Waals surface area contributed by atoms with Crippen molar-refractivity contribution in [1.29, 1.82) is 0 Å². The maximum Gasteiger partial charge on any atom is 0.317 e. The van der Waals surface area contributed by atoms with Gasteiger partial charge in [-0.1, -0.05) is 20.8 Å². The van der Waals surface area contributed by atoms with Crippen LogP contribution in [0, 0.1) is 0 Å². The highest BCUT2D eigenvalue weighted by Crippen LogP contribution is 2.25. The molecule has 0 bridgehead atoms. The van der Waals surface area contributed by atoms with Crippen molar-refractivity contribution >= 4 is 17.3 Å². The van der Waals surface area contributed by atoms with Gasteiger partial charge in [-0.05, 0) is 0 Å². The molecular formula is C13H22N2O3S. The van der Waals surface area contributed by atoms with Gasteiger partial charge < -0.3 is 9.84 Å². The molecule has 0 spiro atoms. The third-order valence-electron chi connectivity index (χ3n) is 2.55. The van der Waals surface area contributed by atoms with Gasteiger partial charge in [-0.2, -0.15) is 0 Å². The van der Waals surface area contributed by atoms with Gasteiger partial charge in [0.2, 0.25) is 0 Å². The van der Waals surface area contributed by atoms with Crippen LogP contribution in [-0.2, 0) is 21.5 Å². The Hall–Kier alpha value is -0.980. The molecule has 19 heavy (non-hydrogen) atoms. The molecule has 0 aliphatic rings. The largest absolute Gasteiger partial charge is 0.480 e. The highest BCUT2D eigenvalue weighted by Gasteiger charge is 2.19. The summed E-state index contributed by atoms with van der Waals surface area (Å²) < 4.78 is 5.00. The molecular weight excluding hydrogens is 264 g/mol. The number of aliphatic carboxylic acids is 1. The molecule has 0 radical (unpaired) electrons. The number of ether oxygens (including phenoxy) is 1. The second-order valence-corrected chi connectivity index (χ2v) is 6.35. The number of hydrogen-bond acceptors (Lipinski definition) is 5. The maximum atomic E-state index is 10.8. The average Bonchev–Trinajstić information content (AvgIpc) is 2.73. The van der Waals surface area contributed by atoms with Crippen molar-refractivity contribution in [3.05, 3.63) is 16.1 Å². The van der Waals surface area contributed by atoms with E-state index in [0.29, 0.717) is 19.7 Å². The summed E-state index contributed by atoms with van der Waals surface area (Å²) >= 11 is 1.62. The molecule has 1 aromatic rings. The Morgan fingerprint density at radius 3 is 2.68 bits per heavy atom. The van der Waals surface area contributed by atoms with E-state index < -0.39 is 5.97 Å². The summed E-state index contributed by atoms with van der Waals surface area (Å²) in [6.45, 7) is 8.02. The molecule has 0 atom stereocenters. The number of aromatic nitrogens is 1. The first kappa shape index (κ1) is 16.1. The van der Waals surface area contributed by atoms with Crippen LogP contribution in [0.4, 0.5) is 0 Å². The van der Waals surface area contributed by atoms with E-state index in [2.05, 4.69) is 25.8 Å². The molecule has 1 aromatic heterocycles. The molecule has 0 fully saturated rings. The van der Waals surface area contributed by atoms with Crippen molar-refractivity contribution in [2.75, 3.05) is 26.8 Å². The van der Waals surface area contributed by atoms with Gasteiger partial charge in [-0.15, -0.1) is 11.3 Å². The Kier molecular flexibility index (Phi) is 5.90. The van der Waals surface area contributed by atoms with Gasteiger partial charge in [0, 0.05) is 31.0 Å². The lowest BCUT2D eigenvalue weighted by atomic mass is 9.98. The minimum absolute atomic E-state index is 0.00569. The van der Waals surface area contributed by atoms with E-state index >= 15 is 0 Å². The highest BCUT2D eigenvalue weighted by atomic mass is 32.1. The lowest BCUT2D eigenvalue weighted by molar-refractivity contribution is -0.138. The van der Waals surface area contributed by atoms with Crippen molar-refractivity contribution in [2.24, 2.45) is 0 Å². The van der Waals surface area contributed by atoms with Crippen LogP contribution in [0.15, 0.2) is 5.38 Å². The van der Waals surface area contributed by atoms with Crippen molar-refractivity contribution in [3.8, 4) is 0 Å². The SMILES string of the molecule is COCCN(CC(=O)O)Cc1csc(C(C)(C)C)n1. The number of carboxylic acids is 1. The monoisotopic (exact) mass is 286 g/mol. The van der Waals surface area contributed by atoms with Crippen LogP contribution in [0.25, 0.3) is 0 Å². The van der Waals surface area contributed by atoms with Gasteiger partial charge in [-0.25, -0.2) is 4.98 Å². The van der Waals surface area contributed by atoms with Gasteiger partial charge in [0.1, 0.15) is 0 Å². The summed E-state index contributed by atoms with van der Waals surface area (Å²) in [6.07, 6.45) is 0. The summed E-state index contributed by atoms with van der Waals surface area (Å²) in [4.78, 5) is 17.2. The second-order valence-electron chi connectivity index (χ2n) is 5.49. The van der Waals surface area contributed by atoms with Crippen LogP contribution in [0.5, 0.6) is 0 Å². The Bertz CT molecular complexity index is 412. The fourth-order valence-corrected chi connectivity index (χ4v) is 2.48. The number of carboxylic acid groups (broad SMARTS) is 1. The van der Waals surface area contributed by atoms with Gasteiger partial charge in [0.05, 0.1) is 23.9 Å². The van der Waals surface area contributed by atoms with E-state index in [9.17, 15) is 4.79 Å². The molecule has 1 N–H and O–H groups in total. The number of thiazole rings is 1. The molecule has 6 heteroatoms. The van der Waals surface area contributed by atoms with E-state index in [1.807, 2.05) is 10.3 Å². The Labute approximate surface area is 118 Å². The third-order valence-corrected chi connectivity index (χ3v) is 3.87. The summed E-state index contributed by atoms with van der Waals surface area (Å²) in [5, 5.41) is 12.0. The topological polar surface area (TPSA) is 62.7 Å². The van der Waals surface area contributed by atoms with Crippen LogP contribution >= 0.6 is 11.3 Å². The minimum Gasteiger partial charge on any atom is -0.480 e. The molecule has 0 saturated heterocycles. The summed E-state index contributed by atoms with van der Waals surface area (Å²) in [6, 6.07) is 0. The minimum atomic E-state index is -0.831. The van der Waals surface area contributed by atoms with E-state index in [1.54, 1.807) is 18.4 Å². The molecule has 0 aromatic carbocycles. The summed E-state index contributed by atoms with van der Waals surface area (Å²) in [7, 11) is 1.61. The van der Waals surface area contributed by atoms with E-state index in [4.69, 9.17) is 9.84 Å². The molecule has 0 unspecified atom stereocenters. The molecule has 0 saturated carbocycles. The van der Waals surface area contributed by atoms with Gasteiger partial charge >= 0.3 is 5.97 Å². The highest BCUT2D eigenvalue weighted by molar-refractivity contribution is 7.09. The number of methoxy groups -OCH3 is 1. The quantitative estimate of drug-likeness (QED) is 0.830. The van der Waals surface area contributed by atoms with Gasteiger partial charge in [0.15, 0.2) is 0 Å². The van der Waals surface area contributed by atoms with Crippen LogP contribution in [0.3, 0.4) is 0 Å². The number of hydrogen-bond donors (Lipinski definition) is 1. The van der Waals surface area contributed by atoms with E-state index in [1.165, 1.54) is 0 Å². The third kappa shape index (κ3) is 5.67. The first-order valence-electron chi connectivity index (χ1n) is 6.21. The van der Waals surface area contributed by atoms with E-state index in [0.717, 1.165) is 10.7 Å². The van der Waals surface area contributed by atoms with Crippen LogP contribution in [0.2, 0.25) is 0 Å². The molecule has 0 aliphatic carbocycles. The van der Waals surface area contributed by atoms with Crippen molar-refractivity contribution in [2.45, 2.75) is 32.7 Å². The Morgan fingerprint density at radius 2 is 2.21 bits per heavy atom. The van der Waals surface area contributed by atoms with E-state index in [-0.39, 0.29) is 12.0 Å². The fourth-order valence-electron chi connectivity index (χ4n) is 1.58. The Balaban J connectivity index is 2.67. The molecule has 1 rings (SSSR count). The molecule has 1 heterocycles. The second kappa shape index (κ2) is 6.98. The van der Waals surface area contributed by atoms with Crippen molar-refractivity contribution < 1.29 is 14.6 Å². The summed E-state index contributed by atoms with van der Waals surface area (Å²) in [5.74, 6) is -0.831. The molecule has 108 valence electrons. The first-order chi connectivity index (χ1) is 8.82. The number of carbonyl (C=O) groups is 1. The van der Waals surface area contributed by atoms with Crippen molar-refractivity contribution in [3.63, 3.8) is 0 Å². The normalized spacial score (nSPS) is 12.1. The van der Waals surface area contributed by atoms with Crippen molar-refractivity contribution in [1.82, 2.24) is 9.88 Å². The van der Waals surface area contributed by atoms with Gasteiger partial charge in [-0.3, -0.25) is 9.69 Å². The van der Waals surface area contributed by atoms with Crippen LogP contribution < -0.4 is 0 Å². The molecule has 0 aliphatic heterocycles. The lowest BCUT2D eigenvalue weighted by Crippen LogP contribution is -2.32.